The average Bonchev–Trinajstić information content (AvgIpc) is 2.68. The van der Waals surface area contributed by atoms with Gasteiger partial charge in [0.25, 0.3) is 5.91 Å². The zero-order chi connectivity index (χ0) is 19.2. The van der Waals surface area contributed by atoms with Gasteiger partial charge in [-0.15, -0.1) is 0 Å². The summed E-state index contributed by atoms with van der Waals surface area (Å²) in [6.45, 7) is 7.82. The van der Waals surface area contributed by atoms with Gasteiger partial charge in [0.15, 0.2) is 0 Å². The monoisotopic (exact) mass is 374 g/mol. The number of aromatic nitrogens is 2. The third-order valence-corrected chi connectivity index (χ3v) is 5.54. The highest BCUT2D eigenvalue weighted by atomic mass is 16.5. The predicted molar refractivity (Wildman–Crippen MR) is 105 cm³/mol. The minimum atomic E-state index is -0.370. The van der Waals surface area contributed by atoms with E-state index in [0.717, 1.165) is 31.0 Å². The Hall–Kier alpha value is -1.53. The molecular weight excluding hydrogens is 340 g/mol. The SMILES string of the molecule is CC(C)CN(C)C(=O)[C@@H]1CN(Cc2cnc(C3CCCCC3)nc2)CCO1. The van der Waals surface area contributed by atoms with E-state index in [2.05, 4.69) is 28.7 Å². The smallest absolute Gasteiger partial charge is 0.252 e. The number of nitrogens with zero attached hydrogens (tertiary/aromatic N) is 4. The molecule has 2 heterocycles. The molecular formula is C21H34N4O2. The Morgan fingerprint density at radius 2 is 1.96 bits per heavy atom. The number of ether oxygens (including phenoxy) is 1. The summed E-state index contributed by atoms with van der Waals surface area (Å²) in [6, 6.07) is 0. The Kier molecular flexibility index (Phi) is 7.19. The maximum atomic E-state index is 12.6. The highest BCUT2D eigenvalue weighted by Crippen LogP contribution is 2.30. The van der Waals surface area contributed by atoms with Gasteiger partial charge in [0.2, 0.25) is 0 Å². The molecule has 1 aromatic rings. The number of hydrogen-bond donors (Lipinski definition) is 0. The molecule has 1 aromatic heterocycles. The van der Waals surface area contributed by atoms with Crippen molar-refractivity contribution in [2.75, 3.05) is 33.3 Å². The maximum Gasteiger partial charge on any atom is 0.252 e. The van der Waals surface area contributed by atoms with Crippen LogP contribution in [0.25, 0.3) is 0 Å². The van der Waals surface area contributed by atoms with Gasteiger partial charge in [-0.3, -0.25) is 9.69 Å². The predicted octanol–water partition coefficient (Wildman–Crippen LogP) is 2.84. The molecule has 0 bridgehead atoms. The third kappa shape index (κ3) is 5.72. The molecule has 27 heavy (non-hydrogen) atoms. The van der Waals surface area contributed by atoms with Crippen molar-refractivity contribution in [2.45, 2.75) is 64.5 Å². The highest BCUT2D eigenvalue weighted by Gasteiger charge is 2.29. The molecule has 1 aliphatic heterocycles. The number of hydrogen-bond acceptors (Lipinski definition) is 5. The fourth-order valence-corrected chi connectivity index (χ4v) is 4.16. The molecule has 0 radical (unpaired) electrons. The summed E-state index contributed by atoms with van der Waals surface area (Å²) >= 11 is 0. The summed E-state index contributed by atoms with van der Waals surface area (Å²) < 4.78 is 5.74. The molecule has 3 rings (SSSR count). The van der Waals surface area contributed by atoms with E-state index in [0.29, 0.717) is 25.0 Å². The van der Waals surface area contributed by atoms with Gasteiger partial charge in [-0.1, -0.05) is 33.1 Å². The number of rotatable bonds is 6. The van der Waals surface area contributed by atoms with Crippen LogP contribution in [0, 0.1) is 5.92 Å². The largest absolute Gasteiger partial charge is 0.366 e. The van der Waals surface area contributed by atoms with Gasteiger partial charge in [0.1, 0.15) is 11.9 Å². The molecule has 1 saturated heterocycles. The highest BCUT2D eigenvalue weighted by molar-refractivity contribution is 5.81. The lowest BCUT2D eigenvalue weighted by Gasteiger charge is -2.34. The molecule has 2 aliphatic rings. The lowest BCUT2D eigenvalue weighted by molar-refractivity contribution is -0.148. The molecule has 1 saturated carbocycles. The van der Waals surface area contributed by atoms with Gasteiger partial charge in [-0.25, -0.2) is 9.97 Å². The Morgan fingerprint density at radius 1 is 1.26 bits per heavy atom. The second-order valence-electron chi connectivity index (χ2n) is 8.49. The van der Waals surface area contributed by atoms with Crippen molar-refractivity contribution >= 4 is 5.91 Å². The van der Waals surface area contributed by atoms with Crippen LogP contribution in [0.1, 0.15) is 63.3 Å². The quantitative estimate of drug-likeness (QED) is 0.766. The number of carbonyl (C=O) groups is 1. The van der Waals surface area contributed by atoms with Gasteiger partial charge < -0.3 is 9.64 Å². The fraction of sp³-hybridized carbons (Fsp3) is 0.762. The molecule has 150 valence electrons. The first kappa shape index (κ1) is 20.2. The van der Waals surface area contributed by atoms with Crippen LogP contribution in [0.5, 0.6) is 0 Å². The molecule has 1 aliphatic carbocycles. The molecule has 0 N–H and O–H groups in total. The number of likely N-dealkylation sites (N-methyl/N-ethyl adjacent to an activating group) is 1. The van der Waals surface area contributed by atoms with E-state index in [1.54, 1.807) is 4.90 Å². The van der Waals surface area contributed by atoms with Crippen molar-refractivity contribution in [2.24, 2.45) is 5.92 Å². The van der Waals surface area contributed by atoms with Gasteiger partial charge in [0.05, 0.1) is 6.61 Å². The van der Waals surface area contributed by atoms with Crippen molar-refractivity contribution < 1.29 is 9.53 Å². The summed E-state index contributed by atoms with van der Waals surface area (Å²) in [7, 11) is 1.86. The zero-order valence-corrected chi connectivity index (χ0v) is 17.1. The summed E-state index contributed by atoms with van der Waals surface area (Å²) in [5, 5.41) is 0. The van der Waals surface area contributed by atoms with Crippen LogP contribution in [0.4, 0.5) is 0 Å². The van der Waals surface area contributed by atoms with Crippen LogP contribution < -0.4 is 0 Å². The molecule has 6 nitrogen and oxygen atoms in total. The van der Waals surface area contributed by atoms with Crippen molar-refractivity contribution in [3.05, 3.63) is 23.8 Å². The fourth-order valence-electron chi connectivity index (χ4n) is 4.16. The summed E-state index contributed by atoms with van der Waals surface area (Å²) in [4.78, 5) is 25.9. The van der Waals surface area contributed by atoms with Crippen LogP contribution in [-0.2, 0) is 16.1 Å². The Labute approximate surface area is 163 Å². The van der Waals surface area contributed by atoms with Crippen molar-refractivity contribution in [3.8, 4) is 0 Å². The first-order valence-corrected chi connectivity index (χ1v) is 10.4. The van der Waals surface area contributed by atoms with Crippen LogP contribution in [-0.4, -0.2) is 65.1 Å². The minimum absolute atomic E-state index is 0.0808. The van der Waals surface area contributed by atoms with E-state index in [1.807, 2.05) is 19.4 Å². The van der Waals surface area contributed by atoms with E-state index < -0.39 is 0 Å². The van der Waals surface area contributed by atoms with E-state index in [4.69, 9.17) is 4.74 Å². The average molecular weight is 375 g/mol. The molecule has 0 spiro atoms. The van der Waals surface area contributed by atoms with Gasteiger partial charge >= 0.3 is 0 Å². The first-order chi connectivity index (χ1) is 13.0. The second kappa shape index (κ2) is 9.60. The molecule has 2 fully saturated rings. The molecule has 1 amide bonds. The minimum Gasteiger partial charge on any atom is -0.366 e. The lowest BCUT2D eigenvalue weighted by Crippen LogP contribution is -2.50. The standard InChI is InChI=1S/C21H34N4O2/c1-16(2)13-24(3)21(26)19-15-25(9-10-27-19)14-17-11-22-20(23-12-17)18-7-5-4-6-8-18/h11-12,16,18-19H,4-10,13-15H2,1-3H3/t19-/m0/s1. The van der Waals surface area contributed by atoms with Crippen LogP contribution in [0.15, 0.2) is 12.4 Å². The van der Waals surface area contributed by atoms with E-state index in [9.17, 15) is 4.79 Å². The first-order valence-electron chi connectivity index (χ1n) is 10.4. The van der Waals surface area contributed by atoms with Gasteiger partial charge in [-0.2, -0.15) is 0 Å². The summed E-state index contributed by atoms with van der Waals surface area (Å²) in [5.74, 6) is 2.08. The zero-order valence-electron chi connectivity index (χ0n) is 17.1. The van der Waals surface area contributed by atoms with Gasteiger partial charge in [0, 0.05) is 57.1 Å². The molecule has 0 unspecified atom stereocenters. The number of morpholine rings is 1. The Balaban J connectivity index is 1.53. The topological polar surface area (TPSA) is 58.6 Å². The Bertz CT molecular complexity index is 599. The van der Waals surface area contributed by atoms with Crippen molar-refractivity contribution in [1.82, 2.24) is 19.8 Å². The normalized spacial score (nSPS) is 22.1. The molecule has 0 aromatic carbocycles. The number of carbonyl (C=O) groups excluding carboxylic acids is 1. The maximum absolute atomic E-state index is 12.6. The van der Waals surface area contributed by atoms with E-state index >= 15 is 0 Å². The van der Waals surface area contributed by atoms with E-state index in [1.165, 1.54) is 32.1 Å². The second-order valence-corrected chi connectivity index (χ2v) is 8.49. The van der Waals surface area contributed by atoms with Crippen LogP contribution >= 0.6 is 0 Å². The number of amides is 1. The molecule has 1 atom stereocenters. The van der Waals surface area contributed by atoms with Gasteiger partial charge in [-0.05, 0) is 18.8 Å². The summed E-state index contributed by atoms with van der Waals surface area (Å²) in [5.41, 5.74) is 1.11. The van der Waals surface area contributed by atoms with E-state index in [-0.39, 0.29) is 12.0 Å². The molecule has 6 heteroatoms. The van der Waals surface area contributed by atoms with Crippen molar-refractivity contribution in [1.29, 1.82) is 0 Å². The lowest BCUT2D eigenvalue weighted by atomic mass is 9.89. The van der Waals surface area contributed by atoms with Crippen LogP contribution in [0.3, 0.4) is 0 Å². The Morgan fingerprint density at radius 3 is 2.63 bits per heavy atom. The third-order valence-electron chi connectivity index (χ3n) is 5.54. The summed E-state index contributed by atoms with van der Waals surface area (Å²) in [6.07, 6.45) is 9.94. The van der Waals surface area contributed by atoms with Crippen molar-refractivity contribution in [3.63, 3.8) is 0 Å². The van der Waals surface area contributed by atoms with Crippen LogP contribution in [0.2, 0.25) is 0 Å².